The first-order valence-corrected chi connectivity index (χ1v) is 9.48. The molecule has 0 aliphatic heterocycles. The fraction of sp³-hybridized carbons (Fsp3) is 0.227. The monoisotopic (exact) mass is 408 g/mol. The molecular weight excluding hydrogens is 384 g/mol. The number of hydrogen-bond acceptors (Lipinski definition) is 6. The number of ether oxygens (including phenoxy) is 3. The molecule has 0 fully saturated rings. The van der Waals surface area contributed by atoms with E-state index >= 15 is 0 Å². The maximum atomic E-state index is 12.3. The zero-order chi connectivity index (χ0) is 21.3. The second-order valence-electron chi connectivity index (χ2n) is 6.34. The molecule has 3 rings (SSSR count). The van der Waals surface area contributed by atoms with Crippen molar-refractivity contribution in [3.63, 3.8) is 0 Å². The molecule has 0 atom stereocenters. The average Bonchev–Trinajstić information content (AvgIpc) is 3.26. The summed E-state index contributed by atoms with van der Waals surface area (Å²) in [4.78, 5) is 12.3. The topological polar surface area (TPSA) is 97.8 Å². The number of nitrogens with one attached hydrogen (secondary N) is 2. The number of rotatable bonds is 9. The largest absolute Gasteiger partial charge is 0.494 e. The molecule has 3 aromatic rings. The maximum Gasteiger partial charge on any atom is 0.271 e. The molecule has 30 heavy (non-hydrogen) atoms. The van der Waals surface area contributed by atoms with Gasteiger partial charge in [-0.05, 0) is 48.9 Å². The molecule has 2 aromatic carbocycles. The van der Waals surface area contributed by atoms with Gasteiger partial charge in [0.15, 0.2) is 11.5 Å². The predicted molar refractivity (Wildman–Crippen MR) is 114 cm³/mol. The summed E-state index contributed by atoms with van der Waals surface area (Å²) in [5.74, 6) is 1.65. The molecule has 0 saturated carbocycles. The fourth-order valence-electron chi connectivity index (χ4n) is 2.76. The van der Waals surface area contributed by atoms with Crippen molar-refractivity contribution >= 4 is 12.1 Å². The van der Waals surface area contributed by atoms with Gasteiger partial charge in [-0.1, -0.05) is 6.92 Å². The third-order valence-electron chi connectivity index (χ3n) is 4.30. The van der Waals surface area contributed by atoms with E-state index in [1.807, 2.05) is 25.1 Å². The first kappa shape index (κ1) is 20.9. The van der Waals surface area contributed by atoms with Gasteiger partial charge in [-0.25, -0.2) is 5.43 Å². The SMILES string of the molecule is CCCOc1ccc(C(=O)N/N=C\c2cn[nH]c2-c2ccc(OC)c(OC)c2)cc1. The molecule has 0 bridgehead atoms. The first-order chi connectivity index (χ1) is 14.7. The molecule has 1 amide bonds. The van der Waals surface area contributed by atoms with Crippen LogP contribution in [0.4, 0.5) is 0 Å². The first-order valence-electron chi connectivity index (χ1n) is 9.48. The molecular formula is C22H24N4O4. The number of carbonyl (C=O) groups is 1. The summed E-state index contributed by atoms with van der Waals surface area (Å²) in [6.07, 6.45) is 4.09. The Morgan fingerprint density at radius 2 is 1.90 bits per heavy atom. The van der Waals surface area contributed by atoms with Crippen LogP contribution in [-0.4, -0.2) is 43.1 Å². The minimum absolute atomic E-state index is 0.315. The Hall–Kier alpha value is -3.81. The number of amides is 1. The standard InChI is InChI=1S/C22H24N4O4/c1-4-11-30-18-8-5-15(6-9-18)22(27)26-24-14-17-13-23-25-21(17)16-7-10-19(28-2)20(12-16)29-3/h5-10,12-14H,4,11H2,1-3H3,(H,23,25)(H,26,27)/b24-14-. The van der Waals surface area contributed by atoms with Crippen molar-refractivity contribution in [2.45, 2.75) is 13.3 Å². The van der Waals surface area contributed by atoms with Crippen LogP contribution in [0, 0.1) is 0 Å². The fourth-order valence-corrected chi connectivity index (χ4v) is 2.76. The van der Waals surface area contributed by atoms with Gasteiger partial charge in [0.2, 0.25) is 0 Å². The number of benzene rings is 2. The van der Waals surface area contributed by atoms with Gasteiger partial charge < -0.3 is 14.2 Å². The van der Waals surface area contributed by atoms with Gasteiger partial charge in [0, 0.05) is 16.7 Å². The van der Waals surface area contributed by atoms with E-state index in [0.717, 1.165) is 23.4 Å². The van der Waals surface area contributed by atoms with Crippen molar-refractivity contribution in [2.75, 3.05) is 20.8 Å². The Kier molecular flexibility index (Phi) is 7.05. The zero-order valence-electron chi connectivity index (χ0n) is 17.1. The molecule has 2 N–H and O–H groups in total. The summed E-state index contributed by atoms with van der Waals surface area (Å²) in [6.45, 7) is 2.68. The van der Waals surface area contributed by atoms with Crippen molar-refractivity contribution in [3.8, 4) is 28.5 Å². The third-order valence-corrected chi connectivity index (χ3v) is 4.30. The van der Waals surface area contributed by atoms with Gasteiger partial charge in [0.05, 0.1) is 38.9 Å². The van der Waals surface area contributed by atoms with Crippen LogP contribution in [-0.2, 0) is 0 Å². The zero-order valence-corrected chi connectivity index (χ0v) is 17.1. The number of hydrogen-bond donors (Lipinski definition) is 2. The highest BCUT2D eigenvalue weighted by atomic mass is 16.5. The van der Waals surface area contributed by atoms with Gasteiger partial charge in [-0.3, -0.25) is 9.89 Å². The lowest BCUT2D eigenvalue weighted by atomic mass is 10.1. The molecule has 0 aliphatic rings. The number of aromatic nitrogens is 2. The lowest BCUT2D eigenvalue weighted by molar-refractivity contribution is 0.0955. The minimum Gasteiger partial charge on any atom is -0.494 e. The number of nitrogens with zero attached hydrogens (tertiary/aromatic N) is 2. The van der Waals surface area contributed by atoms with Crippen LogP contribution in [0.25, 0.3) is 11.3 Å². The second kappa shape index (κ2) is 10.1. The minimum atomic E-state index is -0.315. The number of H-pyrrole nitrogens is 1. The second-order valence-corrected chi connectivity index (χ2v) is 6.34. The summed E-state index contributed by atoms with van der Waals surface area (Å²) in [5.41, 5.74) is 5.32. The van der Waals surface area contributed by atoms with Crippen molar-refractivity contribution in [1.82, 2.24) is 15.6 Å². The molecule has 156 valence electrons. The summed E-state index contributed by atoms with van der Waals surface area (Å²) in [5, 5.41) is 11.1. The maximum absolute atomic E-state index is 12.3. The Bertz CT molecular complexity index is 1010. The van der Waals surface area contributed by atoms with E-state index in [-0.39, 0.29) is 5.91 Å². The number of aromatic amines is 1. The number of hydrazone groups is 1. The predicted octanol–water partition coefficient (Wildman–Crippen LogP) is 3.65. The van der Waals surface area contributed by atoms with Gasteiger partial charge in [0.1, 0.15) is 5.75 Å². The number of methoxy groups -OCH3 is 2. The van der Waals surface area contributed by atoms with E-state index in [2.05, 4.69) is 20.7 Å². The van der Waals surface area contributed by atoms with E-state index in [0.29, 0.717) is 29.2 Å². The highest BCUT2D eigenvalue weighted by Gasteiger charge is 2.11. The van der Waals surface area contributed by atoms with Crippen molar-refractivity contribution in [3.05, 3.63) is 59.8 Å². The van der Waals surface area contributed by atoms with E-state index < -0.39 is 0 Å². The molecule has 0 aliphatic carbocycles. The van der Waals surface area contributed by atoms with Gasteiger partial charge in [0.25, 0.3) is 5.91 Å². The Morgan fingerprint density at radius 1 is 1.13 bits per heavy atom. The molecule has 8 nitrogen and oxygen atoms in total. The van der Waals surface area contributed by atoms with E-state index in [9.17, 15) is 4.79 Å². The lowest BCUT2D eigenvalue weighted by Gasteiger charge is -2.09. The molecule has 0 radical (unpaired) electrons. The Labute approximate surface area is 174 Å². The summed E-state index contributed by atoms with van der Waals surface area (Å²) in [6, 6.07) is 12.5. The highest BCUT2D eigenvalue weighted by Crippen LogP contribution is 2.32. The van der Waals surface area contributed by atoms with Crippen LogP contribution >= 0.6 is 0 Å². The van der Waals surface area contributed by atoms with E-state index in [4.69, 9.17) is 14.2 Å². The highest BCUT2D eigenvalue weighted by molar-refractivity contribution is 5.95. The normalized spacial score (nSPS) is 10.8. The van der Waals surface area contributed by atoms with Crippen LogP contribution in [0.1, 0.15) is 29.3 Å². The smallest absolute Gasteiger partial charge is 0.271 e. The van der Waals surface area contributed by atoms with Crippen LogP contribution in [0.15, 0.2) is 53.8 Å². The van der Waals surface area contributed by atoms with Crippen molar-refractivity contribution in [2.24, 2.45) is 5.10 Å². The van der Waals surface area contributed by atoms with Crippen LogP contribution in [0.5, 0.6) is 17.2 Å². The third kappa shape index (κ3) is 4.96. The van der Waals surface area contributed by atoms with Crippen LogP contribution in [0.3, 0.4) is 0 Å². The van der Waals surface area contributed by atoms with E-state index in [1.165, 1.54) is 6.21 Å². The van der Waals surface area contributed by atoms with Crippen molar-refractivity contribution < 1.29 is 19.0 Å². The summed E-state index contributed by atoms with van der Waals surface area (Å²) < 4.78 is 16.1. The molecule has 0 spiro atoms. The molecule has 0 unspecified atom stereocenters. The lowest BCUT2D eigenvalue weighted by Crippen LogP contribution is -2.17. The van der Waals surface area contributed by atoms with Crippen molar-refractivity contribution in [1.29, 1.82) is 0 Å². The Balaban J connectivity index is 1.68. The number of carbonyl (C=O) groups excluding carboxylic acids is 1. The summed E-state index contributed by atoms with van der Waals surface area (Å²) >= 11 is 0. The van der Waals surface area contributed by atoms with Crippen LogP contribution < -0.4 is 19.6 Å². The molecule has 0 saturated heterocycles. The van der Waals surface area contributed by atoms with Gasteiger partial charge >= 0.3 is 0 Å². The molecule has 1 aromatic heterocycles. The quantitative estimate of drug-likeness (QED) is 0.416. The van der Waals surface area contributed by atoms with E-state index in [1.54, 1.807) is 44.7 Å². The Morgan fingerprint density at radius 3 is 2.60 bits per heavy atom. The van der Waals surface area contributed by atoms with Gasteiger partial charge in [-0.15, -0.1) is 0 Å². The average molecular weight is 408 g/mol. The van der Waals surface area contributed by atoms with Crippen LogP contribution in [0.2, 0.25) is 0 Å². The molecule has 1 heterocycles. The van der Waals surface area contributed by atoms with Gasteiger partial charge in [-0.2, -0.15) is 10.2 Å². The summed E-state index contributed by atoms with van der Waals surface area (Å²) in [7, 11) is 3.16. The molecule has 8 heteroatoms.